The Kier molecular flexibility index (Phi) is 6.76. The van der Waals surface area contributed by atoms with Crippen molar-refractivity contribution in [2.45, 2.75) is 43.7 Å². The van der Waals surface area contributed by atoms with Crippen molar-refractivity contribution in [1.82, 2.24) is 19.6 Å². The fraction of sp³-hybridized carbons (Fsp3) is 0.722. The summed E-state index contributed by atoms with van der Waals surface area (Å²) in [7, 11) is -9.48. The van der Waals surface area contributed by atoms with E-state index in [2.05, 4.69) is 20.0 Å². The molecule has 3 unspecified atom stereocenters. The van der Waals surface area contributed by atoms with Gasteiger partial charge in [0.1, 0.15) is 24.4 Å². The number of hydrogen-bond acceptors (Lipinski definition) is 10. The van der Waals surface area contributed by atoms with E-state index >= 15 is 0 Å². The number of aliphatic hydroxyl groups is 2. The van der Waals surface area contributed by atoms with Crippen molar-refractivity contribution in [2.75, 3.05) is 30.5 Å². The van der Waals surface area contributed by atoms with Crippen molar-refractivity contribution in [2.24, 2.45) is 11.8 Å². The quantitative estimate of drug-likeness (QED) is 0.297. The van der Waals surface area contributed by atoms with Gasteiger partial charge in [0.25, 0.3) is 0 Å². The van der Waals surface area contributed by atoms with Gasteiger partial charge in [-0.1, -0.05) is 6.42 Å². The van der Waals surface area contributed by atoms with Gasteiger partial charge in [-0.15, -0.1) is 5.10 Å². The van der Waals surface area contributed by atoms with Crippen LogP contribution >= 0.6 is 26.8 Å². The molecule has 5 rings (SSSR count). The molecule has 4 heterocycles. The highest BCUT2D eigenvalue weighted by Crippen LogP contribution is 2.55. The maximum absolute atomic E-state index is 11.9. The first-order chi connectivity index (χ1) is 16.4. The second-order valence-corrected chi connectivity index (χ2v) is 13.6. The van der Waals surface area contributed by atoms with E-state index in [1.165, 1.54) is 30.0 Å². The average molecular weight is 554 g/mol. The Morgan fingerprint density at radius 1 is 1.14 bits per heavy atom. The predicted octanol–water partition coefficient (Wildman–Crippen LogP) is 0.513. The van der Waals surface area contributed by atoms with Crippen LogP contribution in [0.5, 0.6) is 0 Å². The largest absolute Gasteiger partial charge is 0.387 e. The zero-order valence-corrected chi connectivity index (χ0v) is 20.9. The lowest BCUT2D eigenvalue weighted by atomic mass is 10.0. The number of nitrogens with zero attached hydrogens (tertiary/aromatic N) is 5. The highest BCUT2D eigenvalue weighted by atomic mass is 35.5. The third-order valence-corrected chi connectivity index (χ3v) is 10.4. The second kappa shape index (κ2) is 9.29. The van der Waals surface area contributed by atoms with Gasteiger partial charge < -0.3 is 39.1 Å². The van der Waals surface area contributed by atoms with Gasteiger partial charge >= 0.3 is 15.2 Å². The van der Waals surface area contributed by atoms with Gasteiger partial charge in [-0.25, -0.2) is 9.50 Å². The minimum Gasteiger partial charge on any atom is -0.387 e. The van der Waals surface area contributed by atoms with Crippen molar-refractivity contribution >= 4 is 38.3 Å². The molecule has 17 heteroatoms. The van der Waals surface area contributed by atoms with Crippen molar-refractivity contribution in [3.05, 3.63) is 17.2 Å². The highest BCUT2D eigenvalue weighted by molar-refractivity contribution is 7.70. The SMILES string of the molecule is O=P(O)(O)CP(=O)(O)OC[C@H]1O[C@@H](c2cnc3c(N4CC5CCCC5C4)nc(Cl)nn23)[C@H](O)[C@@H]1O. The van der Waals surface area contributed by atoms with E-state index in [0.717, 1.165) is 13.1 Å². The summed E-state index contributed by atoms with van der Waals surface area (Å²) in [6.45, 7) is 0.996. The van der Waals surface area contributed by atoms with Crippen LogP contribution in [0.2, 0.25) is 5.28 Å². The van der Waals surface area contributed by atoms with E-state index in [1.54, 1.807) is 0 Å². The first kappa shape index (κ1) is 25.5. The van der Waals surface area contributed by atoms with Crippen LogP contribution in [0.1, 0.15) is 31.1 Å². The second-order valence-electron chi connectivity index (χ2n) is 9.29. The molecule has 1 saturated carbocycles. The van der Waals surface area contributed by atoms with Crippen LogP contribution in [0.3, 0.4) is 0 Å². The Labute approximate surface area is 204 Å². The first-order valence-corrected chi connectivity index (χ1v) is 15.0. The smallest absolute Gasteiger partial charge is 0.340 e. The van der Waals surface area contributed by atoms with Crippen molar-refractivity contribution in [1.29, 1.82) is 0 Å². The van der Waals surface area contributed by atoms with Crippen molar-refractivity contribution < 1.29 is 43.3 Å². The van der Waals surface area contributed by atoms with Gasteiger partial charge in [0.2, 0.25) is 5.28 Å². The van der Waals surface area contributed by atoms with Gasteiger partial charge in [0.05, 0.1) is 18.5 Å². The molecule has 0 radical (unpaired) electrons. The molecule has 194 valence electrons. The number of aliphatic hydroxyl groups excluding tert-OH is 2. The van der Waals surface area contributed by atoms with Crippen LogP contribution in [0.15, 0.2) is 6.20 Å². The number of hydrogen-bond donors (Lipinski definition) is 5. The van der Waals surface area contributed by atoms with Gasteiger partial charge in [0, 0.05) is 13.1 Å². The molecule has 2 aromatic rings. The molecule has 2 aliphatic heterocycles. The van der Waals surface area contributed by atoms with Crippen molar-refractivity contribution in [3.8, 4) is 0 Å². The van der Waals surface area contributed by atoms with Gasteiger partial charge in [-0.3, -0.25) is 9.13 Å². The molecule has 2 aromatic heterocycles. The predicted molar refractivity (Wildman–Crippen MR) is 121 cm³/mol. The summed E-state index contributed by atoms with van der Waals surface area (Å²) in [5.74, 6) is 0.389. The first-order valence-electron chi connectivity index (χ1n) is 11.1. The van der Waals surface area contributed by atoms with E-state index < -0.39 is 52.1 Å². The summed E-state index contributed by atoms with van der Waals surface area (Å²) in [6, 6.07) is 0. The molecule has 2 saturated heterocycles. The molecule has 1 aliphatic carbocycles. The number of anilines is 1. The van der Waals surface area contributed by atoms with Gasteiger partial charge in [-0.05, 0) is 36.3 Å². The van der Waals surface area contributed by atoms with E-state index in [9.17, 15) is 24.2 Å². The number of ether oxygens (including phenoxy) is 1. The molecule has 5 N–H and O–H groups in total. The summed E-state index contributed by atoms with van der Waals surface area (Å²) in [4.78, 5) is 38.4. The standard InChI is InChI=1S/C18H26ClN5O9P2/c19-18-21-17(23-5-9-2-1-3-10(9)6-23)16-20-4-11(24(16)22-18)15-14(26)13(25)12(33-15)7-32-35(30,31)8-34(27,28)29/h4,9-10,12-15,25-26H,1-3,5-8H2,(H,30,31)(H2,27,28,29)/t9?,10?,12-,13-,14-,15+/m1/s1. The average Bonchev–Trinajstić information content (AvgIpc) is 3.49. The van der Waals surface area contributed by atoms with E-state index in [4.69, 9.17) is 30.6 Å². The van der Waals surface area contributed by atoms with Crippen LogP contribution in [-0.4, -0.2) is 88.4 Å². The lowest BCUT2D eigenvalue weighted by Gasteiger charge is -2.19. The van der Waals surface area contributed by atoms with Crippen LogP contribution in [0, 0.1) is 11.8 Å². The third-order valence-electron chi connectivity index (χ3n) is 6.83. The van der Waals surface area contributed by atoms with Gasteiger partial charge in [-0.2, -0.15) is 4.98 Å². The molecule has 14 nitrogen and oxygen atoms in total. The molecule has 3 fully saturated rings. The third kappa shape index (κ3) is 5.15. The Hall–Kier alpha value is -1.18. The van der Waals surface area contributed by atoms with Crippen LogP contribution in [0.4, 0.5) is 5.82 Å². The summed E-state index contributed by atoms with van der Waals surface area (Å²) < 4.78 is 34.8. The van der Waals surface area contributed by atoms with E-state index in [-0.39, 0.29) is 11.0 Å². The summed E-state index contributed by atoms with van der Waals surface area (Å²) in [6.07, 6.45) is -0.371. The zero-order valence-electron chi connectivity index (χ0n) is 18.4. The topological polar surface area (TPSA) is 200 Å². The molecular formula is C18H26ClN5O9P2. The lowest BCUT2D eigenvalue weighted by Crippen LogP contribution is -2.33. The molecule has 3 aliphatic rings. The Balaban J connectivity index is 1.36. The molecular weight excluding hydrogens is 528 g/mol. The zero-order chi connectivity index (χ0) is 25.1. The summed E-state index contributed by atoms with van der Waals surface area (Å²) in [5.41, 5.74) is 0.692. The van der Waals surface area contributed by atoms with Crippen LogP contribution < -0.4 is 4.90 Å². The van der Waals surface area contributed by atoms with Gasteiger partial charge in [0.15, 0.2) is 17.4 Å². The van der Waals surface area contributed by atoms with E-state index in [0.29, 0.717) is 23.3 Å². The monoisotopic (exact) mass is 553 g/mol. The molecule has 0 bridgehead atoms. The van der Waals surface area contributed by atoms with Crippen LogP contribution in [0.25, 0.3) is 5.65 Å². The van der Waals surface area contributed by atoms with Crippen LogP contribution in [-0.2, 0) is 18.4 Å². The Morgan fingerprint density at radius 2 is 1.83 bits per heavy atom. The molecule has 0 aromatic carbocycles. The van der Waals surface area contributed by atoms with E-state index in [1.807, 2.05) is 0 Å². The molecule has 0 spiro atoms. The fourth-order valence-corrected chi connectivity index (χ4v) is 7.99. The summed E-state index contributed by atoms with van der Waals surface area (Å²) >= 11 is 6.21. The minimum atomic E-state index is -4.81. The highest BCUT2D eigenvalue weighted by Gasteiger charge is 2.46. The molecule has 35 heavy (non-hydrogen) atoms. The minimum absolute atomic E-state index is 0.0321. The maximum Gasteiger partial charge on any atom is 0.340 e. The summed E-state index contributed by atoms with van der Waals surface area (Å²) in [5, 5.41) is 25.2. The Bertz CT molecular complexity index is 1200. The molecule has 0 amide bonds. The van der Waals surface area contributed by atoms with Crippen molar-refractivity contribution in [3.63, 3.8) is 0 Å². The number of rotatable bonds is 7. The number of fused-ring (bicyclic) bond motifs is 2. The fourth-order valence-electron chi connectivity index (χ4n) is 5.27. The maximum atomic E-state index is 11.9. The molecule has 7 atom stereocenters. The number of aromatic nitrogens is 4. The number of halogens is 1. The number of imidazole rings is 1. The normalized spacial score (nSPS) is 32.9. The Morgan fingerprint density at radius 3 is 2.49 bits per heavy atom. The lowest BCUT2D eigenvalue weighted by molar-refractivity contribution is -0.0204.